The zero-order chi connectivity index (χ0) is 19.0. The Labute approximate surface area is 146 Å². The number of aromatic amines is 1. The molecule has 0 spiro atoms. The maximum atomic E-state index is 14.2. The highest BCUT2D eigenvalue weighted by Gasteiger charge is 2.24. The number of nitrogens with zero attached hydrogens (tertiary/aromatic N) is 3. The molecule has 136 valence electrons. The van der Waals surface area contributed by atoms with E-state index in [9.17, 15) is 18.4 Å². The lowest BCUT2D eigenvalue weighted by molar-refractivity contribution is 0.0996. The van der Waals surface area contributed by atoms with Crippen molar-refractivity contribution in [1.29, 1.82) is 0 Å². The monoisotopic (exact) mass is 361 g/mol. The molecule has 3 N–H and O–H groups in total. The van der Waals surface area contributed by atoms with Crippen LogP contribution in [0.3, 0.4) is 0 Å². The highest BCUT2D eigenvalue weighted by molar-refractivity contribution is 6.01. The Hall–Kier alpha value is -3.10. The first-order valence-electron chi connectivity index (χ1n) is 8.12. The number of fused-ring (bicyclic) bond motifs is 1. The van der Waals surface area contributed by atoms with Crippen LogP contribution in [0, 0.1) is 11.6 Å². The van der Waals surface area contributed by atoms with Crippen LogP contribution in [-0.4, -0.2) is 25.4 Å². The van der Waals surface area contributed by atoms with Gasteiger partial charge in [0.2, 0.25) is 0 Å². The van der Waals surface area contributed by atoms with Gasteiger partial charge in [-0.2, -0.15) is 0 Å². The highest BCUT2D eigenvalue weighted by atomic mass is 19.1. The van der Waals surface area contributed by atoms with Gasteiger partial charge in [-0.15, -0.1) is 0 Å². The average Bonchev–Trinajstić information content (AvgIpc) is 2.90. The molecule has 0 aliphatic heterocycles. The Balaban J connectivity index is 2.40. The van der Waals surface area contributed by atoms with E-state index in [1.165, 1.54) is 6.07 Å². The first kappa shape index (κ1) is 17.7. The van der Waals surface area contributed by atoms with Gasteiger partial charge in [-0.1, -0.05) is 26.3 Å². The maximum absolute atomic E-state index is 14.2. The van der Waals surface area contributed by atoms with Crippen LogP contribution >= 0.6 is 0 Å². The van der Waals surface area contributed by atoms with E-state index < -0.39 is 28.9 Å². The number of imidazole rings is 1. The number of hydrogen-bond acceptors (Lipinski definition) is 4. The minimum atomic E-state index is -0.935. The lowest BCUT2D eigenvalue weighted by Gasteiger charge is -2.11. The van der Waals surface area contributed by atoms with Gasteiger partial charge in [0.15, 0.2) is 11.3 Å². The number of benzene rings is 1. The van der Waals surface area contributed by atoms with Crippen LogP contribution in [0.15, 0.2) is 23.0 Å². The molecule has 0 radical (unpaired) electrons. The molecule has 0 bridgehead atoms. The summed E-state index contributed by atoms with van der Waals surface area (Å²) in [5, 5.41) is 0. The third-order valence-corrected chi connectivity index (χ3v) is 4.11. The summed E-state index contributed by atoms with van der Waals surface area (Å²) in [6, 6.07) is 3.24. The van der Waals surface area contributed by atoms with E-state index >= 15 is 0 Å². The second-order valence-corrected chi connectivity index (χ2v) is 6.02. The molecule has 1 aromatic carbocycles. The van der Waals surface area contributed by atoms with Crippen LogP contribution in [0.5, 0.6) is 0 Å². The van der Waals surface area contributed by atoms with Gasteiger partial charge in [-0.05, 0) is 18.6 Å². The molecule has 0 saturated heterocycles. The summed E-state index contributed by atoms with van der Waals surface area (Å²) in [4.78, 5) is 35.0. The lowest BCUT2D eigenvalue weighted by Crippen LogP contribution is -2.18. The number of H-pyrrole nitrogens is 1. The molecule has 3 aromatic rings. The van der Waals surface area contributed by atoms with Crippen LogP contribution in [0.1, 0.15) is 48.9 Å². The van der Waals surface area contributed by atoms with E-state index in [0.29, 0.717) is 0 Å². The summed E-state index contributed by atoms with van der Waals surface area (Å²) < 4.78 is 29.2. The number of amides is 1. The summed E-state index contributed by atoms with van der Waals surface area (Å²) in [5.74, 6) is -2.60. The standard InChI is InChI=1S/C17H17F2N5O2/c1-3-5-8(2)15-21-11(14(20)25)12-16(23-15)24(17(26)22-12)13-9(18)6-4-7-10(13)19/h4,6-8H,3,5H2,1-2H3,(H2,20,25)(H,22,26)/t8-/m0/s1. The number of carbonyl (C=O) groups is 1. The van der Waals surface area contributed by atoms with Crippen molar-refractivity contribution in [3.05, 3.63) is 51.8 Å². The van der Waals surface area contributed by atoms with Crippen molar-refractivity contribution in [3.8, 4) is 5.69 Å². The number of para-hydroxylation sites is 1. The molecule has 9 heteroatoms. The van der Waals surface area contributed by atoms with Gasteiger partial charge in [0.05, 0.1) is 0 Å². The molecule has 0 aliphatic carbocycles. The fourth-order valence-corrected chi connectivity index (χ4v) is 2.87. The van der Waals surface area contributed by atoms with Crippen LogP contribution in [0.4, 0.5) is 8.78 Å². The number of carbonyl (C=O) groups excluding carboxylic acids is 1. The molecule has 2 heterocycles. The summed E-state index contributed by atoms with van der Waals surface area (Å²) >= 11 is 0. The molecule has 0 saturated carbocycles. The molecule has 0 aliphatic rings. The van der Waals surface area contributed by atoms with E-state index in [4.69, 9.17) is 5.73 Å². The number of rotatable bonds is 5. The number of halogens is 2. The number of primary amides is 1. The van der Waals surface area contributed by atoms with Crippen molar-refractivity contribution >= 4 is 17.1 Å². The van der Waals surface area contributed by atoms with Crippen molar-refractivity contribution in [1.82, 2.24) is 19.5 Å². The van der Waals surface area contributed by atoms with Gasteiger partial charge in [-0.25, -0.2) is 28.1 Å². The third-order valence-electron chi connectivity index (χ3n) is 4.11. The Bertz CT molecular complexity index is 1040. The van der Waals surface area contributed by atoms with E-state index in [0.717, 1.165) is 29.5 Å². The molecule has 3 rings (SSSR count). The number of hydrogen-bond donors (Lipinski definition) is 2. The van der Waals surface area contributed by atoms with Crippen LogP contribution < -0.4 is 11.4 Å². The first-order valence-corrected chi connectivity index (χ1v) is 8.12. The highest BCUT2D eigenvalue weighted by Crippen LogP contribution is 2.24. The van der Waals surface area contributed by atoms with Gasteiger partial charge in [0, 0.05) is 5.92 Å². The van der Waals surface area contributed by atoms with Gasteiger partial charge >= 0.3 is 5.69 Å². The normalized spacial score (nSPS) is 12.5. The molecule has 0 unspecified atom stereocenters. The molecule has 1 atom stereocenters. The zero-order valence-corrected chi connectivity index (χ0v) is 14.2. The van der Waals surface area contributed by atoms with Gasteiger partial charge in [0.1, 0.15) is 28.7 Å². The second kappa shape index (κ2) is 6.66. The zero-order valence-electron chi connectivity index (χ0n) is 14.2. The van der Waals surface area contributed by atoms with Crippen LogP contribution in [0.25, 0.3) is 16.9 Å². The van der Waals surface area contributed by atoms with Crippen LogP contribution in [-0.2, 0) is 0 Å². The molecule has 26 heavy (non-hydrogen) atoms. The van der Waals surface area contributed by atoms with E-state index in [-0.39, 0.29) is 28.6 Å². The summed E-state index contributed by atoms with van der Waals surface area (Å²) in [7, 11) is 0. The fraction of sp³-hybridized carbons (Fsp3) is 0.294. The Morgan fingerprint density at radius 1 is 1.31 bits per heavy atom. The van der Waals surface area contributed by atoms with E-state index in [1.54, 1.807) is 0 Å². The molecular weight excluding hydrogens is 344 g/mol. The van der Waals surface area contributed by atoms with Gasteiger partial charge in [0.25, 0.3) is 5.91 Å². The lowest BCUT2D eigenvalue weighted by atomic mass is 10.1. The van der Waals surface area contributed by atoms with Crippen LogP contribution in [0.2, 0.25) is 0 Å². The largest absolute Gasteiger partial charge is 0.364 e. The van der Waals surface area contributed by atoms with Crippen molar-refractivity contribution in [3.63, 3.8) is 0 Å². The molecule has 2 aromatic heterocycles. The maximum Gasteiger partial charge on any atom is 0.332 e. The Kier molecular flexibility index (Phi) is 4.54. The second-order valence-electron chi connectivity index (χ2n) is 6.02. The molecular formula is C17H17F2N5O2. The molecule has 7 nitrogen and oxygen atoms in total. The predicted molar refractivity (Wildman–Crippen MR) is 91.2 cm³/mol. The fourth-order valence-electron chi connectivity index (χ4n) is 2.87. The summed E-state index contributed by atoms with van der Waals surface area (Å²) in [6.07, 6.45) is 1.57. The Morgan fingerprint density at radius 3 is 2.54 bits per heavy atom. The van der Waals surface area contributed by atoms with Crippen molar-refractivity contribution in [2.75, 3.05) is 0 Å². The number of aromatic nitrogens is 4. The predicted octanol–water partition coefficient (Wildman–Crippen LogP) is 2.39. The SMILES string of the molecule is CCC[C@H](C)c1nc(C(N)=O)c2[nH]c(=O)n(-c3c(F)cccc3F)c2n1. The van der Waals surface area contributed by atoms with E-state index in [1.807, 2.05) is 13.8 Å². The van der Waals surface area contributed by atoms with Gasteiger partial charge < -0.3 is 10.7 Å². The van der Waals surface area contributed by atoms with Crippen molar-refractivity contribution < 1.29 is 13.6 Å². The third kappa shape index (κ3) is 2.85. The van der Waals surface area contributed by atoms with E-state index in [2.05, 4.69) is 15.0 Å². The Morgan fingerprint density at radius 2 is 1.96 bits per heavy atom. The number of nitrogens with two attached hydrogens (primary N) is 1. The minimum absolute atomic E-state index is 0.0578. The minimum Gasteiger partial charge on any atom is -0.364 e. The molecule has 0 fully saturated rings. The number of nitrogens with one attached hydrogen (secondary N) is 1. The molecule has 1 amide bonds. The quantitative estimate of drug-likeness (QED) is 0.727. The van der Waals surface area contributed by atoms with Crippen molar-refractivity contribution in [2.45, 2.75) is 32.6 Å². The van der Waals surface area contributed by atoms with Crippen molar-refractivity contribution in [2.24, 2.45) is 5.73 Å². The topological polar surface area (TPSA) is 107 Å². The summed E-state index contributed by atoms with van der Waals surface area (Å²) in [5.41, 5.74) is 3.60. The average molecular weight is 361 g/mol. The summed E-state index contributed by atoms with van der Waals surface area (Å²) in [6.45, 7) is 3.83. The smallest absolute Gasteiger partial charge is 0.332 e. The van der Waals surface area contributed by atoms with Gasteiger partial charge in [-0.3, -0.25) is 4.79 Å². The first-order chi connectivity index (χ1) is 12.3.